The van der Waals surface area contributed by atoms with Gasteiger partial charge in [0.05, 0.1) is 133 Å². The first-order valence-electron chi connectivity index (χ1n) is 28.5. The van der Waals surface area contributed by atoms with Crippen molar-refractivity contribution in [2.75, 3.05) is 110 Å². The lowest BCUT2D eigenvalue weighted by atomic mass is 9.86. The van der Waals surface area contributed by atoms with E-state index in [-0.39, 0.29) is 33.8 Å². The van der Waals surface area contributed by atoms with E-state index in [2.05, 4.69) is 50.5 Å². The molecule has 2 aliphatic rings. The van der Waals surface area contributed by atoms with Crippen molar-refractivity contribution in [1.82, 2.24) is 0 Å². The standard InChI is InChI=1S/C53H72N2O12.2C6H6O3S/c1-54(22-18-38-32-48(62-7)50(64-9)34-40(38)42(54)28-36-14-16-44(58-3)46(30-36)60-5)24-20-52(56)66-26-12-11-13-27-67-53(57)21-25-55(2)23-19-39-33-49(63-8)51(65-10)35-41(39)43(55)29-37-15-17-45(59-4)47(31-37)61-6;2*7-10(8,9)6-4-2-1-3-5-6/h14-17,30-35,42-43H,11-13,18-29H2,1-10H3;2*1-5H,(H,7,8,9)/q+2;;/p-2/t42?,43?,54-,55-;;/m1../s1. The third kappa shape index (κ3) is 18.7. The fraction of sp³-hybridized carbons (Fsp3) is 0.415. The average Bonchev–Trinajstić information content (AvgIpc) is 1.78. The summed E-state index contributed by atoms with van der Waals surface area (Å²) in [6, 6.07) is 34.9. The van der Waals surface area contributed by atoms with Gasteiger partial charge < -0.3 is 65.4 Å². The molecule has 0 amide bonds. The third-order valence-electron chi connectivity index (χ3n) is 16.1. The summed E-state index contributed by atoms with van der Waals surface area (Å²) in [6.45, 7) is 3.57. The average molecular weight is 1240 g/mol. The molecule has 6 aromatic carbocycles. The number of likely N-dealkylation sites (N-methyl/N-ethyl adjacent to an activating group) is 2. The third-order valence-corrected chi connectivity index (χ3v) is 17.8. The molecule has 2 heterocycles. The summed E-state index contributed by atoms with van der Waals surface area (Å²) >= 11 is 0. The van der Waals surface area contributed by atoms with Crippen molar-refractivity contribution in [2.24, 2.45) is 0 Å². The second-order valence-corrected chi connectivity index (χ2v) is 24.3. The summed E-state index contributed by atoms with van der Waals surface area (Å²) in [4.78, 5) is 26.0. The number of fused-ring (bicyclic) bond motifs is 2. The van der Waals surface area contributed by atoms with E-state index in [0.717, 1.165) is 56.3 Å². The van der Waals surface area contributed by atoms with E-state index in [1.807, 2.05) is 24.3 Å². The Bertz CT molecular complexity index is 3230. The molecule has 6 aromatic rings. The number of hydrogen-bond acceptors (Lipinski definition) is 18. The van der Waals surface area contributed by atoms with E-state index < -0.39 is 20.2 Å². The fourth-order valence-corrected chi connectivity index (χ4v) is 12.1. The zero-order valence-electron chi connectivity index (χ0n) is 51.4. The molecule has 0 N–H and O–H groups in total. The first kappa shape index (κ1) is 68.5. The van der Waals surface area contributed by atoms with Gasteiger partial charge in [-0.2, -0.15) is 0 Å². The van der Waals surface area contributed by atoms with E-state index in [1.165, 1.54) is 70.8 Å². The number of carbonyl (C=O) groups excluding carboxylic acids is 2. The number of unbranched alkanes of at least 4 members (excludes halogenated alkanes) is 2. The minimum Gasteiger partial charge on any atom is -0.744 e. The Morgan fingerprint density at radius 2 is 0.759 bits per heavy atom. The van der Waals surface area contributed by atoms with Crippen LogP contribution in [0.5, 0.6) is 46.0 Å². The summed E-state index contributed by atoms with van der Waals surface area (Å²) in [7, 11) is 9.11. The lowest BCUT2D eigenvalue weighted by Crippen LogP contribution is -2.53. The van der Waals surface area contributed by atoms with E-state index in [4.69, 9.17) is 47.4 Å². The number of benzene rings is 6. The molecule has 0 bridgehead atoms. The highest BCUT2D eigenvalue weighted by atomic mass is 32.2. The normalized spacial score (nSPS) is 17.7. The molecule has 2 aliphatic heterocycles. The van der Waals surface area contributed by atoms with Crippen LogP contribution in [0.25, 0.3) is 0 Å². The van der Waals surface area contributed by atoms with Crippen LogP contribution in [-0.4, -0.2) is 157 Å². The van der Waals surface area contributed by atoms with Crippen LogP contribution in [0.1, 0.15) is 77.6 Å². The number of hydrogen-bond donors (Lipinski definition) is 0. The van der Waals surface area contributed by atoms with Crippen LogP contribution < -0.4 is 37.9 Å². The van der Waals surface area contributed by atoms with E-state index >= 15 is 0 Å². The van der Waals surface area contributed by atoms with Crippen molar-refractivity contribution in [3.8, 4) is 46.0 Å². The Hall–Kier alpha value is -7.60. The lowest BCUT2D eigenvalue weighted by molar-refractivity contribution is -0.940. The summed E-state index contributed by atoms with van der Waals surface area (Å²) < 4.78 is 120. The number of quaternary nitrogens is 2. The number of methoxy groups -OCH3 is 8. The second kappa shape index (κ2) is 31.9. The first-order valence-corrected chi connectivity index (χ1v) is 31.3. The van der Waals surface area contributed by atoms with Gasteiger partial charge in [-0.05, 0) is 114 Å². The fourth-order valence-electron chi connectivity index (χ4n) is 11.1. The molecule has 472 valence electrons. The molecule has 0 radical (unpaired) electrons. The maximum absolute atomic E-state index is 13.2. The van der Waals surface area contributed by atoms with Crippen LogP contribution >= 0.6 is 0 Å². The van der Waals surface area contributed by atoms with Crippen molar-refractivity contribution in [1.29, 1.82) is 0 Å². The molecule has 0 saturated carbocycles. The van der Waals surface area contributed by atoms with Crippen molar-refractivity contribution in [3.05, 3.63) is 155 Å². The molecule has 87 heavy (non-hydrogen) atoms. The highest BCUT2D eigenvalue weighted by Gasteiger charge is 2.42. The highest BCUT2D eigenvalue weighted by Crippen LogP contribution is 2.45. The zero-order chi connectivity index (χ0) is 63.4. The van der Waals surface area contributed by atoms with Crippen LogP contribution in [0.3, 0.4) is 0 Å². The van der Waals surface area contributed by atoms with Gasteiger partial charge in [0, 0.05) is 36.8 Å². The maximum Gasteiger partial charge on any atom is 0.311 e. The van der Waals surface area contributed by atoms with E-state index in [9.17, 15) is 35.5 Å². The molecule has 4 atom stereocenters. The van der Waals surface area contributed by atoms with Crippen LogP contribution in [0.2, 0.25) is 0 Å². The van der Waals surface area contributed by atoms with Gasteiger partial charge in [-0.15, -0.1) is 0 Å². The number of carbonyl (C=O) groups is 2. The second-order valence-electron chi connectivity index (χ2n) is 21.5. The number of esters is 2. The molecule has 2 unspecified atom stereocenters. The molecule has 0 aromatic heterocycles. The predicted molar refractivity (Wildman–Crippen MR) is 324 cm³/mol. The zero-order valence-corrected chi connectivity index (χ0v) is 53.0. The molecule has 0 spiro atoms. The van der Waals surface area contributed by atoms with Crippen molar-refractivity contribution in [2.45, 2.75) is 79.7 Å². The van der Waals surface area contributed by atoms with E-state index in [1.54, 1.807) is 69.0 Å². The summed E-state index contributed by atoms with van der Waals surface area (Å²) in [6.07, 6.45) is 5.85. The Morgan fingerprint density at radius 1 is 0.437 bits per heavy atom. The Balaban J connectivity index is 0.000000507. The van der Waals surface area contributed by atoms with Gasteiger partial charge in [-0.3, -0.25) is 9.59 Å². The van der Waals surface area contributed by atoms with Gasteiger partial charge in [-0.25, -0.2) is 16.8 Å². The largest absolute Gasteiger partial charge is 0.744 e. The SMILES string of the molecule is COc1ccc(CC2c3cc(OC)c(OC)cc3CC[N@+]2(C)CCC(=O)OCCCCCOC(=O)CC[N@@+]2(C)CCc3cc(OC)c(OC)cc3C2Cc2ccc(OC)c(OC)c2)cc1OC.O=S(=O)([O-])c1ccccc1.O=S(=O)([O-])c1ccccc1. The predicted octanol–water partition coefficient (Wildman–Crippen LogP) is 9.25. The minimum absolute atomic E-state index is 0.0393. The Labute approximate surface area is 512 Å². The molecule has 0 aliphatic carbocycles. The topological polar surface area (TPSA) is 241 Å². The molecular formula is C65H82N2O18S2. The van der Waals surface area contributed by atoms with Gasteiger partial charge in [-0.1, -0.05) is 48.5 Å². The number of nitrogens with zero attached hydrogens (tertiary/aromatic N) is 2. The van der Waals surface area contributed by atoms with E-state index in [0.29, 0.717) is 107 Å². The minimum atomic E-state index is -4.25. The Morgan fingerprint density at radius 3 is 1.07 bits per heavy atom. The number of ether oxygens (including phenoxy) is 10. The maximum atomic E-state index is 13.2. The van der Waals surface area contributed by atoms with Crippen LogP contribution in [0.15, 0.2) is 131 Å². The quantitative estimate of drug-likeness (QED) is 0.0213. The Kier molecular flexibility index (Phi) is 25.1. The van der Waals surface area contributed by atoms with Gasteiger partial charge >= 0.3 is 11.9 Å². The molecule has 22 heteroatoms. The van der Waals surface area contributed by atoms with Crippen molar-refractivity contribution < 1.29 is 91.9 Å². The van der Waals surface area contributed by atoms with Crippen LogP contribution in [0.4, 0.5) is 0 Å². The molecule has 0 saturated heterocycles. The van der Waals surface area contributed by atoms with Crippen LogP contribution in [-0.2, 0) is 65.0 Å². The van der Waals surface area contributed by atoms with Gasteiger partial charge in [0.2, 0.25) is 0 Å². The van der Waals surface area contributed by atoms with Crippen LogP contribution in [0, 0.1) is 0 Å². The summed E-state index contributed by atoms with van der Waals surface area (Å²) in [5, 5.41) is 0. The highest BCUT2D eigenvalue weighted by molar-refractivity contribution is 7.86. The molecule has 20 nitrogen and oxygen atoms in total. The molecule has 8 rings (SSSR count). The lowest BCUT2D eigenvalue weighted by Gasteiger charge is -2.46. The molecule has 0 fully saturated rings. The first-order chi connectivity index (χ1) is 41.6. The number of rotatable bonds is 26. The monoisotopic (exact) mass is 1240 g/mol. The smallest absolute Gasteiger partial charge is 0.311 e. The summed E-state index contributed by atoms with van der Waals surface area (Å²) in [5.41, 5.74) is 7.00. The van der Waals surface area contributed by atoms with Crippen molar-refractivity contribution in [3.63, 3.8) is 0 Å². The van der Waals surface area contributed by atoms with Gasteiger partial charge in [0.15, 0.2) is 46.0 Å². The van der Waals surface area contributed by atoms with Gasteiger partial charge in [0.25, 0.3) is 0 Å². The summed E-state index contributed by atoms with van der Waals surface area (Å²) in [5.74, 6) is 5.06. The van der Waals surface area contributed by atoms with Crippen molar-refractivity contribution >= 4 is 32.2 Å². The molecular weight excluding hydrogens is 1160 g/mol. The van der Waals surface area contributed by atoms with Gasteiger partial charge in [0.1, 0.15) is 32.3 Å².